The third-order valence-corrected chi connectivity index (χ3v) is 4.71. The van der Waals surface area contributed by atoms with Gasteiger partial charge in [0.05, 0.1) is 0 Å². The fraction of sp³-hybridized carbons (Fsp3) is 0.200. The van der Waals surface area contributed by atoms with Crippen molar-refractivity contribution in [1.29, 1.82) is 0 Å². The summed E-state index contributed by atoms with van der Waals surface area (Å²) in [6.45, 7) is 1.89. The summed E-state index contributed by atoms with van der Waals surface area (Å²) in [7, 11) is 0. The molecule has 6 nitrogen and oxygen atoms in total. The van der Waals surface area contributed by atoms with Crippen LogP contribution in [0, 0.1) is 0 Å². The Kier molecular flexibility index (Phi) is 6.30. The SMILES string of the molecule is CCCC(=O)Nc1cccc(C(=O)NC(=O)c2snc(Cl)c2Cl)c1. The third-order valence-electron chi connectivity index (χ3n) is 2.92. The van der Waals surface area contributed by atoms with E-state index in [-0.39, 0.29) is 26.5 Å². The van der Waals surface area contributed by atoms with Crippen LogP contribution < -0.4 is 10.6 Å². The fourth-order valence-corrected chi connectivity index (χ4v) is 2.93. The molecule has 0 aliphatic carbocycles. The van der Waals surface area contributed by atoms with E-state index in [1.54, 1.807) is 12.1 Å². The summed E-state index contributed by atoms with van der Waals surface area (Å²) in [4.78, 5) is 35.9. The summed E-state index contributed by atoms with van der Waals surface area (Å²) < 4.78 is 3.74. The lowest BCUT2D eigenvalue weighted by Gasteiger charge is -2.07. The van der Waals surface area contributed by atoms with Gasteiger partial charge in [0, 0.05) is 17.7 Å². The van der Waals surface area contributed by atoms with Crippen molar-refractivity contribution in [2.24, 2.45) is 0 Å². The second kappa shape index (κ2) is 8.23. The zero-order valence-electron chi connectivity index (χ0n) is 12.6. The van der Waals surface area contributed by atoms with Crippen molar-refractivity contribution in [3.05, 3.63) is 44.9 Å². The molecule has 0 aliphatic rings. The summed E-state index contributed by atoms with van der Waals surface area (Å²) in [5.74, 6) is -1.45. The predicted molar refractivity (Wildman–Crippen MR) is 93.9 cm³/mol. The average molecular weight is 386 g/mol. The van der Waals surface area contributed by atoms with Crippen LogP contribution in [-0.2, 0) is 4.79 Å². The number of imide groups is 1. The Morgan fingerprint density at radius 2 is 1.96 bits per heavy atom. The zero-order chi connectivity index (χ0) is 17.7. The van der Waals surface area contributed by atoms with Gasteiger partial charge in [-0.15, -0.1) is 0 Å². The van der Waals surface area contributed by atoms with E-state index in [4.69, 9.17) is 23.2 Å². The molecule has 0 bridgehead atoms. The van der Waals surface area contributed by atoms with Crippen molar-refractivity contribution < 1.29 is 14.4 Å². The number of anilines is 1. The monoisotopic (exact) mass is 385 g/mol. The van der Waals surface area contributed by atoms with Crippen LogP contribution in [0.5, 0.6) is 0 Å². The van der Waals surface area contributed by atoms with Crippen molar-refractivity contribution in [3.8, 4) is 0 Å². The Morgan fingerprint density at radius 3 is 2.58 bits per heavy atom. The second-order valence-corrected chi connectivity index (χ2v) is 6.29. The van der Waals surface area contributed by atoms with Gasteiger partial charge in [-0.25, -0.2) is 0 Å². The minimum Gasteiger partial charge on any atom is -0.326 e. The average Bonchev–Trinajstić information content (AvgIpc) is 2.87. The van der Waals surface area contributed by atoms with Crippen LogP contribution in [0.15, 0.2) is 24.3 Å². The summed E-state index contributed by atoms with van der Waals surface area (Å²) in [5, 5.41) is 4.92. The molecular weight excluding hydrogens is 373 g/mol. The summed E-state index contributed by atoms with van der Waals surface area (Å²) in [5.41, 5.74) is 0.705. The molecule has 2 rings (SSSR count). The van der Waals surface area contributed by atoms with E-state index in [1.807, 2.05) is 6.92 Å². The first kappa shape index (κ1) is 18.4. The van der Waals surface area contributed by atoms with Gasteiger partial charge in [0.2, 0.25) is 5.91 Å². The molecule has 1 heterocycles. The quantitative estimate of drug-likeness (QED) is 0.766. The number of rotatable bonds is 5. The number of carbonyl (C=O) groups is 3. The van der Waals surface area contributed by atoms with E-state index in [1.165, 1.54) is 12.1 Å². The van der Waals surface area contributed by atoms with Gasteiger partial charge in [0.25, 0.3) is 11.8 Å². The van der Waals surface area contributed by atoms with Gasteiger partial charge < -0.3 is 5.32 Å². The number of aromatic nitrogens is 1. The molecule has 1 aromatic heterocycles. The maximum absolute atomic E-state index is 12.2. The molecule has 2 N–H and O–H groups in total. The highest BCUT2D eigenvalue weighted by molar-refractivity contribution is 7.09. The predicted octanol–water partition coefficient (Wildman–Crippen LogP) is 3.76. The largest absolute Gasteiger partial charge is 0.326 e. The molecule has 0 fully saturated rings. The summed E-state index contributed by atoms with van der Waals surface area (Å²) in [6.07, 6.45) is 1.11. The van der Waals surface area contributed by atoms with E-state index in [9.17, 15) is 14.4 Å². The van der Waals surface area contributed by atoms with Crippen molar-refractivity contribution in [1.82, 2.24) is 9.69 Å². The molecule has 126 valence electrons. The number of hydrogen-bond donors (Lipinski definition) is 2. The molecule has 0 spiro atoms. The van der Waals surface area contributed by atoms with E-state index in [0.29, 0.717) is 12.1 Å². The minimum absolute atomic E-state index is 0.00699. The maximum Gasteiger partial charge on any atom is 0.271 e. The lowest BCUT2D eigenvalue weighted by Crippen LogP contribution is -2.30. The van der Waals surface area contributed by atoms with Gasteiger partial charge in [-0.3, -0.25) is 19.7 Å². The Morgan fingerprint density at radius 1 is 1.21 bits per heavy atom. The molecule has 3 amide bonds. The van der Waals surface area contributed by atoms with Crippen LogP contribution in [0.2, 0.25) is 10.2 Å². The lowest BCUT2D eigenvalue weighted by atomic mass is 10.2. The van der Waals surface area contributed by atoms with Gasteiger partial charge in [-0.1, -0.05) is 36.2 Å². The van der Waals surface area contributed by atoms with Crippen LogP contribution in [-0.4, -0.2) is 22.1 Å². The second-order valence-electron chi connectivity index (χ2n) is 4.78. The number of halogens is 2. The normalized spacial score (nSPS) is 10.3. The van der Waals surface area contributed by atoms with Crippen molar-refractivity contribution in [2.45, 2.75) is 19.8 Å². The smallest absolute Gasteiger partial charge is 0.271 e. The van der Waals surface area contributed by atoms with Crippen molar-refractivity contribution in [2.75, 3.05) is 5.32 Å². The van der Waals surface area contributed by atoms with Gasteiger partial charge in [0.1, 0.15) is 9.90 Å². The standard InChI is InChI=1S/C15H13Cl2N3O3S/c1-2-4-10(21)18-9-6-3-5-8(7-9)14(22)19-15(23)12-11(16)13(17)20-24-12/h3,5-7H,2,4H2,1H3,(H,18,21)(H,19,22,23). The molecule has 24 heavy (non-hydrogen) atoms. The van der Waals surface area contributed by atoms with E-state index in [0.717, 1.165) is 18.0 Å². The molecule has 0 radical (unpaired) electrons. The maximum atomic E-state index is 12.2. The molecule has 9 heteroatoms. The van der Waals surface area contributed by atoms with Gasteiger partial charge >= 0.3 is 0 Å². The number of amides is 3. The highest BCUT2D eigenvalue weighted by Gasteiger charge is 2.20. The number of hydrogen-bond acceptors (Lipinski definition) is 5. The number of nitrogens with zero attached hydrogens (tertiary/aromatic N) is 1. The van der Waals surface area contributed by atoms with Crippen LogP contribution >= 0.6 is 34.7 Å². The first-order valence-electron chi connectivity index (χ1n) is 6.98. The van der Waals surface area contributed by atoms with Crippen LogP contribution in [0.4, 0.5) is 5.69 Å². The van der Waals surface area contributed by atoms with Gasteiger partial charge in [0.15, 0.2) is 5.15 Å². The summed E-state index contributed by atoms with van der Waals surface area (Å²) in [6, 6.07) is 6.28. The van der Waals surface area contributed by atoms with E-state index < -0.39 is 11.8 Å². The number of nitrogens with one attached hydrogen (secondary N) is 2. The van der Waals surface area contributed by atoms with Crippen molar-refractivity contribution in [3.63, 3.8) is 0 Å². The first-order valence-corrected chi connectivity index (χ1v) is 8.51. The topological polar surface area (TPSA) is 88.2 Å². The summed E-state index contributed by atoms with van der Waals surface area (Å²) >= 11 is 12.3. The Bertz CT molecular complexity index is 792. The molecule has 0 atom stereocenters. The lowest BCUT2D eigenvalue weighted by molar-refractivity contribution is -0.116. The molecule has 0 aliphatic heterocycles. The molecule has 0 saturated carbocycles. The molecular formula is C15H13Cl2N3O3S. The Labute approximate surface area is 152 Å². The third kappa shape index (κ3) is 4.53. The Hall–Kier alpha value is -1.96. The highest BCUT2D eigenvalue weighted by Crippen LogP contribution is 2.28. The number of carbonyl (C=O) groups excluding carboxylic acids is 3. The van der Waals surface area contributed by atoms with Crippen molar-refractivity contribution >= 4 is 58.1 Å². The van der Waals surface area contributed by atoms with Crippen LogP contribution in [0.25, 0.3) is 0 Å². The Balaban J connectivity index is 2.08. The highest BCUT2D eigenvalue weighted by atomic mass is 35.5. The van der Waals surface area contributed by atoms with Crippen LogP contribution in [0.3, 0.4) is 0 Å². The molecule has 0 saturated heterocycles. The minimum atomic E-state index is -0.685. The first-order chi connectivity index (χ1) is 11.4. The van der Waals surface area contributed by atoms with Crippen LogP contribution in [0.1, 0.15) is 39.8 Å². The van der Waals surface area contributed by atoms with Gasteiger partial charge in [-0.2, -0.15) is 4.37 Å². The zero-order valence-corrected chi connectivity index (χ0v) is 14.9. The van der Waals surface area contributed by atoms with E-state index in [2.05, 4.69) is 15.0 Å². The molecule has 1 aromatic carbocycles. The molecule has 2 aromatic rings. The number of benzene rings is 1. The fourth-order valence-electron chi connectivity index (χ4n) is 1.82. The van der Waals surface area contributed by atoms with Gasteiger partial charge in [-0.05, 0) is 36.2 Å². The molecule has 0 unspecified atom stereocenters. The van der Waals surface area contributed by atoms with E-state index >= 15 is 0 Å².